The zero-order valence-electron chi connectivity index (χ0n) is 17.7. The molecule has 7 heteroatoms. The molecular formula is C22H32N6O. The molecule has 0 aliphatic carbocycles. The third kappa shape index (κ3) is 5.17. The molecule has 1 aliphatic heterocycles. The number of aromatic nitrogens is 2. The Morgan fingerprint density at radius 3 is 2.62 bits per heavy atom. The SMILES string of the molecule is CCc1ccnc(OC/C(=C(/N)c2ccc(N3CCCCC3)c(C)n2)N(C)N)c1. The number of hydrogen-bond acceptors (Lipinski definition) is 7. The molecule has 0 saturated carbocycles. The number of nitrogens with two attached hydrogens (primary N) is 2. The van der Waals surface area contributed by atoms with Crippen LogP contribution in [0.5, 0.6) is 5.88 Å². The monoisotopic (exact) mass is 396 g/mol. The van der Waals surface area contributed by atoms with E-state index in [1.54, 1.807) is 13.2 Å². The van der Waals surface area contributed by atoms with Crippen LogP contribution in [0.2, 0.25) is 0 Å². The first kappa shape index (κ1) is 20.9. The van der Waals surface area contributed by atoms with E-state index in [2.05, 4.69) is 22.9 Å². The molecule has 7 nitrogen and oxygen atoms in total. The van der Waals surface area contributed by atoms with Gasteiger partial charge in [0.25, 0.3) is 0 Å². The fourth-order valence-electron chi connectivity index (χ4n) is 3.58. The Bertz CT molecular complexity index is 858. The van der Waals surface area contributed by atoms with E-state index in [0.29, 0.717) is 23.0 Å². The molecule has 1 aliphatic rings. The molecule has 3 heterocycles. The van der Waals surface area contributed by atoms with Gasteiger partial charge in [0.05, 0.1) is 28.5 Å². The minimum Gasteiger partial charge on any atom is -0.471 e. The molecule has 1 fully saturated rings. The van der Waals surface area contributed by atoms with Crippen LogP contribution >= 0.6 is 0 Å². The van der Waals surface area contributed by atoms with Crippen molar-refractivity contribution in [1.82, 2.24) is 15.0 Å². The number of aryl methyl sites for hydroxylation is 2. The molecule has 2 aromatic rings. The van der Waals surface area contributed by atoms with Crippen LogP contribution in [0.25, 0.3) is 5.70 Å². The third-order valence-electron chi connectivity index (χ3n) is 5.33. The molecule has 0 amide bonds. The van der Waals surface area contributed by atoms with E-state index in [1.165, 1.54) is 35.5 Å². The molecule has 29 heavy (non-hydrogen) atoms. The first-order valence-electron chi connectivity index (χ1n) is 10.3. The Labute approximate surface area is 173 Å². The maximum Gasteiger partial charge on any atom is 0.213 e. The van der Waals surface area contributed by atoms with Crippen LogP contribution < -0.4 is 21.2 Å². The summed E-state index contributed by atoms with van der Waals surface area (Å²) in [6.45, 7) is 6.51. The van der Waals surface area contributed by atoms with E-state index in [1.807, 2.05) is 25.1 Å². The summed E-state index contributed by atoms with van der Waals surface area (Å²) in [6.07, 6.45) is 6.44. The van der Waals surface area contributed by atoms with Gasteiger partial charge in [-0.05, 0) is 56.4 Å². The van der Waals surface area contributed by atoms with E-state index >= 15 is 0 Å². The van der Waals surface area contributed by atoms with Crippen LogP contribution in [0.4, 0.5) is 5.69 Å². The van der Waals surface area contributed by atoms with Gasteiger partial charge >= 0.3 is 0 Å². The molecule has 0 bridgehead atoms. The fourth-order valence-corrected chi connectivity index (χ4v) is 3.58. The Morgan fingerprint density at radius 2 is 1.97 bits per heavy atom. The molecule has 2 aromatic heterocycles. The van der Waals surface area contributed by atoms with E-state index in [4.69, 9.17) is 21.3 Å². The smallest absolute Gasteiger partial charge is 0.213 e. The summed E-state index contributed by atoms with van der Waals surface area (Å²) in [5.74, 6) is 6.60. The lowest BCUT2D eigenvalue weighted by molar-refractivity contribution is 0.287. The lowest BCUT2D eigenvalue weighted by Gasteiger charge is -2.30. The van der Waals surface area contributed by atoms with Crippen LogP contribution in [0.15, 0.2) is 36.2 Å². The minimum atomic E-state index is 0.216. The number of piperidine rings is 1. The minimum absolute atomic E-state index is 0.216. The molecule has 1 saturated heterocycles. The molecule has 156 valence electrons. The molecule has 0 unspecified atom stereocenters. The van der Waals surface area contributed by atoms with Crippen molar-refractivity contribution in [2.45, 2.75) is 39.5 Å². The van der Waals surface area contributed by atoms with Crippen LogP contribution in [0.1, 0.15) is 43.1 Å². The van der Waals surface area contributed by atoms with Gasteiger partial charge in [0, 0.05) is 32.4 Å². The molecule has 0 radical (unpaired) electrons. The number of hydrogen-bond donors (Lipinski definition) is 2. The van der Waals surface area contributed by atoms with Gasteiger partial charge in [-0.2, -0.15) is 0 Å². The largest absolute Gasteiger partial charge is 0.471 e. The summed E-state index contributed by atoms with van der Waals surface area (Å²) >= 11 is 0. The quantitative estimate of drug-likeness (QED) is 0.549. The second-order valence-corrected chi connectivity index (χ2v) is 7.46. The van der Waals surface area contributed by atoms with Crippen LogP contribution in [-0.4, -0.2) is 41.7 Å². The van der Waals surface area contributed by atoms with Gasteiger partial charge in [-0.15, -0.1) is 0 Å². The van der Waals surface area contributed by atoms with Crippen molar-refractivity contribution in [3.63, 3.8) is 0 Å². The van der Waals surface area contributed by atoms with Crippen LogP contribution in [0.3, 0.4) is 0 Å². The van der Waals surface area contributed by atoms with Crippen molar-refractivity contribution in [1.29, 1.82) is 0 Å². The summed E-state index contributed by atoms with van der Waals surface area (Å²) in [7, 11) is 1.75. The predicted octanol–water partition coefficient (Wildman–Crippen LogP) is 2.85. The van der Waals surface area contributed by atoms with Crippen molar-refractivity contribution in [3.8, 4) is 5.88 Å². The topological polar surface area (TPSA) is 93.5 Å². The van der Waals surface area contributed by atoms with Gasteiger partial charge in [-0.1, -0.05) is 6.92 Å². The average molecular weight is 397 g/mol. The lowest BCUT2D eigenvalue weighted by Crippen LogP contribution is -2.32. The highest BCUT2D eigenvalue weighted by atomic mass is 16.5. The Kier molecular flexibility index (Phi) is 6.93. The maximum absolute atomic E-state index is 6.44. The van der Waals surface area contributed by atoms with Gasteiger partial charge in [0.1, 0.15) is 6.61 Å². The zero-order chi connectivity index (χ0) is 20.8. The normalized spacial score (nSPS) is 15.1. The summed E-state index contributed by atoms with van der Waals surface area (Å²) < 4.78 is 5.86. The Hall–Kier alpha value is -2.80. The van der Waals surface area contributed by atoms with Gasteiger partial charge in [-0.25, -0.2) is 15.8 Å². The van der Waals surface area contributed by atoms with Crippen molar-refractivity contribution in [2.24, 2.45) is 11.6 Å². The number of hydrazine groups is 1. The standard InChI is InChI=1S/C22H32N6O/c1-4-17-10-11-25-21(14-17)29-15-20(27(3)24)22(23)18-8-9-19(16(2)26-18)28-12-6-5-7-13-28/h8-11,14H,4-7,12-13,15,23-24H2,1-3H3/b22-20-. The van der Waals surface area contributed by atoms with Crippen molar-refractivity contribution in [2.75, 3.05) is 31.6 Å². The summed E-state index contributed by atoms with van der Waals surface area (Å²) in [6, 6.07) is 7.98. The Morgan fingerprint density at radius 1 is 1.21 bits per heavy atom. The molecule has 0 atom stereocenters. The van der Waals surface area contributed by atoms with E-state index in [-0.39, 0.29) is 6.61 Å². The average Bonchev–Trinajstić information content (AvgIpc) is 2.74. The molecule has 4 N–H and O–H groups in total. The first-order chi connectivity index (χ1) is 14.0. The van der Waals surface area contributed by atoms with Crippen molar-refractivity contribution < 1.29 is 4.74 Å². The first-order valence-corrected chi connectivity index (χ1v) is 10.3. The second-order valence-electron chi connectivity index (χ2n) is 7.46. The predicted molar refractivity (Wildman–Crippen MR) is 117 cm³/mol. The van der Waals surface area contributed by atoms with Gasteiger partial charge in [0.2, 0.25) is 5.88 Å². The molecule has 3 rings (SSSR count). The van der Waals surface area contributed by atoms with E-state index in [9.17, 15) is 0 Å². The number of ether oxygens (including phenoxy) is 1. The van der Waals surface area contributed by atoms with Crippen molar-refractivity contribution >= 4 is 11.4 Å². The summed E-state index contributed by atoms with van der Waals surface area (Å²) in [5, 5.41) is 1.48. The fraction of sp³-hybridized carbons (Fsp3) is 0.455. The third-order valence-corrected chi connectivity index (χ3v) is 5.33. The van der Waals surface area contributed by atoms with Crippen LogP contribution in [-0.2, 0) is 6.42 Å². The summed E-state index contributed by atoms with van der Waals surface area (Å²) in [5.41, 5.74) is 11.6. The lowest BCUT2D eigenvalue weighted by atomic mass is 10.1. The molecule has 0 aromatic carbocycles. The van der Waals surface area contributed by atoms with E-state index < -0.39 is 0 Å². The number of pyridine rings is 2. The highest BCUT2D eigenvalue weighted by Gasteiger charge is 2.16. The second kappa shape index (κ2) is 9.60. The number of nitrogens with zero attached hydrogens (tertiary/aromatic N) is 4. The number of anilines is 1. The van der Waals surface area contributed by atoms with Crippen molar-refractivity contribution in [3.05, 3.63) is 53.1 Å². The number of likely N-dealkylation sites (N-methyl/N-ethyl adjacent to an activating group) is 1. The van der Waals surface area contributed by atoms with Crippen LogP contribution in [0, 0.1) is 6.92 Å². The highest BCUT2D eigenvalue weighted by molar-refractivity contribution is 5.65. The number of rotatable bonds is 7. The van der Waals surface area contributed by atoms with Gasteiger partial charge in [-0.3, -0.25) is 0 Å². The summed E-state index contributed by atoms with van der Waals surface area (Å²) in [4.78, 5) is 11.4. The van der Waals surface area contributed by atoms with E-state index in [0.717, 1.165) is 25.2 Å². The van der Waals surface area contributed by atoms with Gasteiger partial charge < -0.3 is 20.4 Å². The molecular weight excluding hydrogens is 364 g/mol. The highest BCUT2D eigenvalue weighted by Crippen LogP contribution is 2.25. The zero-order valence-corrected chi connectivity index (χ0v) is 17.7. The molecule has 0 spiro atoms. The Balaban J connectivity index is 1.80. The maximum atomic E-state index is 6.44. The van der Waals surface area contributed by atoms with Gasteiger partial charge in [0.15, 0.2) is 0 Å².